The van der Waals surface area contributed by atoms with Crippen LogP contribution in [0.3, 0.4) is 0 Å². The number of esters is 1. The molecule has 1 atom stereocenters. The molecule has 0 saturated carbocycles. The Hall–Kier alpha value is -1.07. The SMILES string of the molecule is CCOC(=O)C(C)Oc1ccc(Br)c(CNCC(C)C)c1. The third-order valence-electron chi connectivity index (χ3n) is 2.82. The highest BCUT2D eigenvalue weighted by atomic mass is 79.9. The summed E-state index contributed by atoms with van der Waals surface area (Å²) in [4.78, 5) is 11.6. The zero-order chi connectivity index (χ0) is 15.8. The Morgan fingerprint density at radius 2 is 2.05 bits per heavy atom. The Bertz CT molecular complexity index is 463. The van der Waals surface area contributed by atoms with Crippen molar-refractivity contribution in [2.75, 3.05) is 13.2 Å². The second kappa shape index (κ2) is 9.05. The zero-order valence-electron chi connectivity index (χ0n) is 13.1. The van der Waals surface area contributed by atoms with Crippen LogP contribution in [0.15, 0.2) is 22.7 Å². The molecule has 0 aliphatic heterocycles. The summed E-state index contributed by atoms with van der Waals surface area (Å²) in [6, 6.07) is 5.71. The summed E-state index contributed by atoms with van der Waals surface area (Å²) in [6.45, 7) is 9.88. The number of carbonyl (C=O) groups excluding carboxylic acids is 1. The summed E-state index contributed by atoms with van der Waals surface area (Å²) >= 11 is 3.53. The van der Waals surface area contributed by atoms with Gasteiger partial charge in [-0.3, -0.25) is 0 Å². The van der Waals surface area contributed by atoms with Gasteiger partial charge in [-0.15, -0.1) is 0 Å². The highest BCUT2D eigenvalue weighted by Gasteiger charge is 2.16. The fourth-order valence-electron chi connectivity index (χ4n) is 1.77. The average Bonchev–Trinajstić information content (AvgIpc) is 2.42. The first-order valence-corrected chi connectivity index (χ1v) is 8.05. The van der Waals surface area contributed by atoms with E-state index in [9.17, 15) is 4.79 Å². The van der Waals surface area contributed by atoms with E-state index in [1.807, 2.05) is 18.2 Å². The predicted molar refractivity (Wildman–Crippen MR) is 87.4 cm³/mol. The molecule has 118 valence electrons. The Morgan fingerprint density at radius 3 is 2.67 bits per heavy atom. The maximum absolute atomic E-state index is 11.6. The molecule has 0 radical (unpaired) electrons. The van der Waals surface area contributed by atoms with E-state index in [0.717, 1.165) is 23.1 Å². The molecule has 1 aromatic carbocycles. The molecular formula is C16H24BrNO3. The van der Waals surface area contributed by atoms with Gasteiger partial charge in [-0.25, -0.2) is 4.79 Å². The Labute approximate surface area is 135 Å². The molecule has 5 heteroatoms. The molecule has 0 spiro atoms. The van der Waals surface area contributed by atoms with Crippen LogP contribution in [0.25, 0.3) is 0 Å². The van der Waals surface area contributed by atoms with Crippen LogP contribution < -0.4 is 10.1 Å². The molecule has 21 heavy (non-hydrogen) atoms. The molecule has 1 rings (SSSR count). The Balaban J connectivity index is 2.65. The molecule has 1 aromatic rings. The van der Waals surface area contributed by atoms with Crippen molar-refractivity contribution >= 4 is 21.9 Å². The maximum atomic E-state index is 11.6. The van der Waals surface area contributed by atoms with Crippen LogP contribution in [0, 0.1) is 5.92 Å². The number of nitrogens with one attached hydrogen (secondary N) is 1. The van der Waals surface area contributed by atoms with Gasteiger partial charge in [-0.2, -0.15) is 0 Å². The van der Waals surface area contributed by atoms with Crippen LogP contribution in [0.1, 0.15) is 33.3 Å². The largest absolute Gasteiger partial charge is 0.479 e. The van der Waals surface area contributed by atoms with Gasteiger partial charge in [0.1, 0.15) is 5.75 Å². The van der Waals surface area contributed by atoms with Crippen LogP contribution in [0.5, 0.6) is 5.75 Å². The lowest BCUT2D eigenvalue weighted by molar-refractivity contribution is -0.150. The number of rotatable bonds is 8. The van der Waals surface area contributed by atoms with Gasteiger partial charge in [0.2, 0.25) is 0 Å². The summed E-state index contributed by atoms with van der Waals surface area (Å²) in [5, 5.41) is 3.39. The topological polar surface area (TPSA) is 47.6 Å². The van der Waals surface area contributed by atoms with Gasteiger partial charge in [0, 0.05) is 11.0 Å². The van der Waals surface area contributed by atoms with Gasteiger partial charge in [0.05, 0.1) is 6.61 Å². The molecule has 1 N–H and O–H groups in total. The van der Waals surface area contributed by atoms with E-state index in [1.165, 1.54) is 0 Å². The van der Waals surface area contributed by atoms with Crippen molar-refractivity contribution in [3.8, 4) is 5.75 Å². The molecule has 0 saturated heterocycles. The number of carbonyl (C=O) groups is 1. The number of benzene rings is 1. The first-order valence-electron chi connectivity index (χ1n) is 7.26. The van der Waals surface area contributed by atoms with E-state index in [-0.39, 0.29) is 5.97 Å². The van der Waals surface area contributed by atoms with Crippen molar-refractivity contribution < 1.29 is 14.3 Å². The van der Waals surface area contributed by atoms with E-state index in [2.05, 4.69) is 35.1 Å². The lowest BCUT2D eigenvalue weighted by Gasteiger charge is -2.15. The van der Waals surface area contributed by atoms with Crippen molar-refractivity contribution in [2.45, 2.75) is 40.3 Å². The smallest absolute Gasteiger partial charge is 0.347 e. The third kappa shape index (κ3) is 6.48. The van der Waals surface area contributed by atoms with Gasteiger partial charge < -0.3 is 14.8 Å². The number of hydrogen-bond acceptors (Lipinski definition) is 4. The standard InChI is InChI=1S/C16H24BrNO3/c1-5-20-16(19)12(4)21-14-6-7-15(17)13(8-14)10-18-9-11(2)3/h6-8,11-12,18H,5,9-10H2,1-4H3. The summed E-state index contributed by atoms with van der Waals surface area (Å²) in [7, 11) is 0. The molecule has 0 fully saturated rings. The van der Waals surface area contributed by atoms with E-state index >= 15 is 0 Å². The van der Waals surface area contributed by atoms with Crippen molar-refractivity contribution in [3.63, 3.8) is 0 Å². The van der Waals surface area contributed by atoms with Crippen molar-refractivity contribution in [1.82, 2.24) is 5.32 Å². The van der Waals surface area contributed by atoms with Gasteiger partial charge in [-0.05, 0) is 50.1 Å². The highest BCUT2D eigenvalue weighted by molar-refractivity contribution is 9.10. The second-order valence-electron chi connectivity index (χ2n) is 5.29. The van der Waals surface area contributed by atoms with Gasteiger partial charge in [0.15, 0.2) is 6.10 Å². The van der Waals surface area contributed by atoms with E-state index in [0.29, 0.717) is 18.3 Å². The van der Waals surface area contributed by atoms with Crippen molar-refractivity contribution in [3.05, 3.63) is 28.2 Å². The Morgan fingerprint density at radius 1 is 1.33 bits per heavy atom. The minimum Gasteiger partial charge on any atom is -0.479 e. The third-order valence-corrected chi connectivity index (χ3v) is 3.59. The molecule has 0 heterocycles. The summed E-state index contributed by atoms with van der Waals surface area (Å²) < 4.78 is 11.6. The zero-order valence-corrected chi connectivity index (χ0v) is 14.7. The van der Waals surface area contributed by atoms with E-state index in [4.69, 9.17) is 9.47 Å². The molecule has 0 aliphatic rings. The van der Waals surface area contributed by atoms with Crippen LogP contribution in [-0.2, 0) is 16.1 Å². The normalized spacial score (nSPS) is 12.3. The van der Waals surface area contributed by atoms with Gasteiger partial charge in [-0.1, -0.05) is 29.8 Å². The molecule has 0 aliphatic carbocycles. The van der Waals surface area contributed by atoms with E-state index in [1.54, 1.807) is 13.8 Å². The lowest BCUT2D eigenvalue weighted by Crippen LogP contribution is -2.26. The van der Waals surface area contributed by atoms with Crippen LogP contribution in [0.4, 0.5) is 0 Å². The quantitative estimate of drug-likeness (QED) is 0.723. The fraction of sp³-hybridized carbons (Fsp3) is 0.562. The Kier molecular flexibility index (Phi) is 7.75. The fourth-order valence-corrected chi connectivity index (χ4v) is 2.15. The van der Waals surface area contributed by atoms with Crippen molar-refractivity contribution in [2.24, 2.45) is 5.92 Å². The predicted octanol–water partition coefficient (Wildman–Crippen LogP) is 3.53. The summed E-state index contributed by atoms with van der Waals surface area (Å²) in [5.74, 6) is 0.923. The molecule has 1 unspecified atom stereocenters. The minimum atomic E-state index is -0.609. The van der Waals surface area contributed by atoms with Crippen LogP contribution in [0.2, 0.25) is 0 Å². The molecule has 4 nitrogen and oxygen atoms in total. The first-order chi connectivity index (χ1) is 9.93. The van der Waals surface area contributed by atoms with Crippen molar-refractivity contribution in [1.29, 1.82) is 0 Å². The molecule has 0 aromatic heterocycles. The van der Waals surface area contributed by atoms with Crippen LogP contribution in [-0.4, -0.2) is 25.2 Å². The molecule has 0 bridgehead atoms. The lowest BCUT2D eigenvalue weighted by atomic mass is 10.2. The monoisotopic (exact) mass is 357 g/mol. The maximum Gasteiger partial charge on any atom is 0.347 e. The highest BCUT2D eigenvalue weighted by Crippen LogP contribution is 2.23. The van der Waals surface area contributed by atoms with Crippen LogP contribution >= 0.6 is 15.9 Å². The number of hydrogen-bond donors (Lipinski definition) is 1. The average molecular weight is 358 g/mol. The minimum absolute atomic E-state index is 0.347. The summed E-state index contributed by atoms with van der Waals surface area (Å²) in [5.41, 5.74) is 1.10. The number of ether oxygens (including phenoxy) is 2. The van der Waals surface area contributed by atoms with Gasteiger partial charge in [0.25, 0.3) is 0 Å². The first kappa shape index (κ1) is 18.0. The molecule has 0 amide bonds. The van der Waals surface area contributed by atoms with E-state index < -0.39 is 6.10 Å². The number of halogens is 1. The summed E-state index contributed by atoms with van der Waals surface area (Å²) in [6.07, 6.45) is -0.609. The van der Waals surface area contributed by atoms with Gasteiger partial charge >= 0.3 is 5.97 Å². The molecular weight excluding hydrogens is 334 g/mol. The second-order valence-corrected chi connectivity index (χ2v) is 6.14.